The number of hydrogen-bond donors (Lipinski definition) is 0. The summed E-state index contributed by atoms with van der Waals surface area (Å²) in [5, 5.41) is 0. The van der Waals surface area contributed by atoms with Crippen molar-refractivity contribution in [1.82, 2.24) is 0 Å². The smallest absolute Gasteiger partial charge is 0.0388 e. The van der Waals surface area contributed by atoms with Crippen LogP contribution in [0.2, 0.25) is 0 Å². The summed E-state index contributed by atoms with van der Waals surface area (Å²) in [4.78, 5) is 4.54. The summed E-state index contributed by atoms with van der Waals surface area (Å²) in [6.07, 6.45) is 11.0. The zero-order chi connectivity index (χ0) is 8.65. The van der Waals surface area contributed by atoms with Gasteiger partial charge in [-0.3, -0.25) is 4.99 Å². The van der Waals surface area contributed by atoms with Crippen LogP contribution >= 0.6 is 0 Å². The van der Waals surface area contributed by atoms with Gasteiger partial charge in [-0.05, 0) is 26.2 Å². The van der Waals surface area contributed by atoms with Crippen molar-refractivity contribution in [1.29, 1.82) is 0 Å². The largest absolute Gasteiger partial charge is 0.294 e. The van der Waals surface area contributed by atoms with E-state index in [0.717, 1.165) is 6.54 Å². The first-order valence-electron chi connectivity index (χ1n) is 5.39. The Morgan fingerprint density at radius 3 is 2.17 bits per heavy atom. The second-order valence-electron chi connectivity index (χ2n) is 3.84. The van der Waals surface area contributed by atoms with Crippen molar-refractivity contribution in [3.05, 3.63) is 0 Å². The van der Waals surface area contributed by atoms with Crippen molar-refractivity contribution in [2.24, 2.45) is 4.99 Å². The van der Waals surface area contributed by atoms with Crippen LogP contribution in [0.4, 0.5) is 0 Å². The van der Waals surface area contributed by atoms with Crippen LogP contribution in [-0.4, -0.2) is 12.3 Å². The van der Waals surface area contributed by atoms with E-state index in [1.54, 1.807) is 0 Å². The van der Waals surface area contributed by atoms with Crippen LogP contribution in [0.1, 0.15) is 58.3 Å². The van der Waals surface area contributed by atoms with E-state index >= 15 is 0 Å². The first-order chi connectivity index (χ1) is 5.89. The van der Waals surface area contributed by atoms with Crippen molar-refractivity contribution in [3.63, 3.8) is 0 Å². The lowest BCUT2D eigenvalue weighted by Crippen LogP contribution is -1.93. The monoisotopic (exact) mass is 167 g/mol. The highest BCUT2D eigenvalue weighted by atomic mass is 14.7. The Hall–Kier alpha value is -0.330. The molecule has 1 aliphatic rings. The molecule has 0 amide bonds. The Morgan fingerprint density at radius 2 is 1.42 bits per heavy atom. The maximum atomic E-state index is 4.54. The molecule has 0 unspecified atom stereocenters. The summed E-state index contributed by atoms with van der Waals surface area (Å²) in [7, 11) is 0. The molecule has 12 heavy (non-hydrogen) atoms. The van der Waals surface area contributed by atoms with E-state index in [-0.39, 0.29) is 0 Å². The van der Waals surface area contributed by atoms with Gasteiger partial charge in [-0.2, -0.15) is 0 Å². The third-order valence-corrected chi connectivity index (χ3v) is 2.58. The molecule has 0 spiro atoms. The van der Waals surface area contributed by atoms with Crippen LogP contribution in [0.15, 0.2) is 4.99 Å². The average molecular weight is 167 g/mol. The van der Waals surface area contributed by atoms with E-state index < -0.39 is 0 Å². The summed E-state index contributed by atoms with van der Waals surface area (Å²) in [6, 6.07) is 0. The molecule has 0 aromatic rings. The molecule has 0 aromatic heterocycles. The van der Waals surface area contributed by atoms with E-state index in [1.807, 2.05) is 0 Å². The van der Waals surface area contributed by atoms with E-state index in [0.29, 0.717) is 0 Å². The Morgan fingerprint density at radius 1 is 0.833 bits per heavy atom. The average Bonchev–Trinajstić information content (AvgIpc) is 2.11. The molecule has 0 aromatic carbocycles. The minimum atomic E-state index is 1.08. The lowest BCUT2D eigenvalue weighted by Gasteiger charge is -1.98. The highest BCUT2D eigenvalue weighted by Crippen LogP contribution is 2.10. The Labute approximate surface area is 76.3 Å². The number of aliphatic imine (C=N–C) groups is 1. The van der Waals surface area contributed by atoms with Crippen molar-refractivity contribution >= 4 is 5.71 Å². The van der Waals surface area contributed by atoms with E-state index in [2.05, 4.69) is 11.9 Å². The minimum Gasteiger partial charge on any atom is -0.294 e. The van der Waals surface area contributed by atoms with Gasteiger partial charge in [0, 0.05) is 12.3 Å². The van der Waals surface area contributed by atoms with Crippen LogP contribution < -0.4 is 0 Å². The van der Waals surface area contributed by atoms with E-state index in [9.17, 15) is 0 Å². The molecule has 0 N–H and O–H groups in total. The Bertz CT molecular complexity index is 138. The highest BCUT2D eigenvalue weighted by molar-refractivity contribution is 5.81. The van der Waals surface area contributed by atoms with Crippen LogP contribution in [0.3, 0.4) is 0 Å². The standard InChI is InChI=1S/C11H21N/c1-11-9-7-5-3-2-4-6-8-10-12-11/h2-10H2,1H3/b12-11-. The molecule has 1 heterocycles. The summed E-state index contributed by atoms with van der Waals surface area (Å²) < 4.78 is 0. The zero-order valence-electron chi connectivity index (χ0n) is 8.31. The fraction of sp³-hybridized carbons (Fsp3) is 0.909. The summed E-state index contributed by atoms with van der Waals surface area (Å²) >= 11 is 0. The number of nitrogens with zero attached hydrogens (tertiary/aromatic N) is 1. The van der Waals surface area contributed by atoms with Crippen LogP contribution in [-0.2, 0) is 0 Å². The second kappa shape index (κ2) is 6.22. The van der Waals surface area contributed by atoms with Gasteiger partial charge in [0.05, 0.1) is 0 Å². The molecule has 0 saturated carbocycles. The lowest BCUT2D eigenvalue weighted by molar-refractivity contribution is 0.593. The van der Waals surface area contributed by atoms with Crippen LogP contribution in [0.5, 0.6) is 0 Å². The predicted octanol–water partition coefficient (Wildman–Crippen LogP) is 3.58. The van der Waals surface area contributed by atoms with Crippen LogP contribution in [0, 0.1) is 0 Å². The Kier molecular flexibility index (Phi) is 5.05. The van der Waals surface area contributed by atoms with Gasteiger partial charge >= 0.3 is 0 Å². The molecule has 0 atom stereocenters. The van der Waals surface area contributed by atoms with Gasteiger partial charge in [-0.1, -0.05) is 32.1 Å². The molecule has 70 valence electrons. The van der Waals surface area contributed by atoms with Crippen molar-refractivity contribution in [3.8, 4) is 0 Å². The number of rotatable bonds is 0. The summed E-state index contributed by atoms with van der Waals surface area (Å²) in [5.74, 6) is 0. The van der Waals surface area contributed by atoms with Gasteiger partial charge in [-0.15, -0.1) is 0 Å². The molecular formula is C11H21N. The quantitative estimate of drug-likeness (QED) is 0.523. The van der Waals surface area contributed by atoms with Crippen molar-refractivity contribution < 1.29 is 0 Å². The highest BCUT2D eigenvalue weighted by Gasteiger charge is 1.96. The normalized spacial score (nSPS) is 26.9. The Balaban J connectivity index is 2.25. The lowest BCUT2D eigenvalue weighted by atomic mass is 10.1. The predicted molar refractivity (Wildman–Crippen MR) is 54.9 cm³/mol. The van der Waals surface area contributed by atoms with Crippen molar-refractivity contribution in [2.45, 2.75) is 58.3 Å². The maximum absolute atomic E-state index is 4.54. The molecular weight excluding hydrogens is 146 g/mol. The minimum absolute atomic E-state index is 1.08. The molecule has 1 nitrogen and oxygen atoms in total. The van der Waals surface area contributed by atoms with E-state index in [4.69, 9.17) is 0 Å². The first-order valence-corrected chi connectivity index (χ1v) is 5.39. The first kappa shape index (κ1) is 9.76. The molecule has 0 saturated heterocycles. The third-order valence-electron chi connectivity index (χ3n) is 2.58. The van der Waals surface area contributed by atoms with Gasteiger partial charge < -0.3 is 0 Å². The molecule has 0 bridgehead atoms. The molecule has 1 aliphatic heterocycles. The fourth-order valence-electron chi connectivity index (χ4n) is 1.73. The van der Waals surface area contributed by atoms with Gasteiger partial charge in [-0.25, -0.2) is 0 Å². The molecule has 0 radical (unpaired) electrons. The van der Waals surface area contributed by atoms with Crippen LogP contribution in [0.25, 0.3) is 0 Å². The van der Waals surface area contributed by atoms with E-state index in [1.165, 1.54) is 57.1 Å². The van der Waals surface area contributed by atoms with Gasteiger partial charge in [0.1, 0.15) is 0 Å². The van der Waals surface area contributed by atoms with Crippen molar-refractivity contribution in [2.75, 3.05) is 6.54 Å². The molecule has 0 aliphatic carbocycles. The fourth-order valence-corrected chi connectivity index (χ4v) is 1.73. The molecule has 1 rings (SSSR count). The summed E-state index contributed by atoms with van der Waals surface area (Å²) in [5.41, 5.74) is 1.37. The molecule has 0 fully saturated rings. The SMILES string of the molecule is C/C1=N/CCCCCCCCC1. The number of hydrogen-bond acceptors (Lipinski definition) is 1. The maximum Gasteiger partial charge on any atom is 0.0388 e. The second-order valence-corrected chi connectivity index (χ2v) is 3.84. The van der Waals surface area contributed by atoms with Gasteiger partial charge in [0.15, 0.2) is 0 Å². The zero-order valence-corrected chi connectivity index (χ0v) is 8.31. The van der Waals surface area contributed by atoms with Gasteiger partial charge in [0.2, 0.25) is 0 Å². The third kappa shape index (κ3) is 4.53. The van der Waals surface area contributed by atoms with Gasteiger partial charge in [0.25, 0.3) is 0 Å². The molecule has 1 heteroatoms. The summed E-state index contributed by atoms with van der Waals surface area (Å²) in [6.45, 7) is 3.25. The topological polar surface area (TPSA) is 12.4 Å².